The fraction of sp³-hybridized carbons (Fsp3) is 0.696. The number of hydrogen-bond acceptors (Lipinski definition) is 3. The van der Waals surface area contributed by atoms with E-state index >= 15 is 0 Å². The molecule has 1 aromatic rings. The molecule has 0 spiro atoms. The predicted molar refractivity (Wildman–Crippen MR) is 117 cm³/mol. The molecule has 0 saturated carbocycles. The maximum Gasteiger partial charge on any atom is 0.193 e. The summed E-state index contributed by atoms with van der Waals surface area (Å²) < 4.78 is 6.08. The number of nitrogens with one attached hydrogen (secondary N) is 1. The molecule has 0 aliphatic carbocycles. The number of aliphatic imine (C=N–C) groups is 1. The zero-order chi connectivity index (χ0) is 19.9. The summed E-state index contributed by atoms with van der Waals surface area (Å²) in [6, 6.07) is 8.54. The molecular weight excluding hydrogens is 348 g/mol. The van der Waals surface area contributed by atoms with Crippen molar-refractivity contribution in [1.82, 2.24) is 15.1 Å². The Morgan fingerprint density at radius 2 is 2.07 bits per heavy atom. The Balaban J connectivity index is 1.54. The molecule has 156 valence electrons. The first-order chi connectivity index (χ1) is 13.6. The highest BCUT2D eigenvalue weighted by atomic mass is 16.5. The van der Waals surface area contributed by atoms with Gasteiger partial charge in [-0.15, -0.1) is 0 Å². The van der Waals surface area contributed by atoms with E-state index in [-0.39, 0.29) is 6.10 Å². The lowest BCUT2D eigenvalue weighted by atomic mass is 9.97. The van der Waals surface area contributed by atoms with Crippen LogP contribution < -0.4 is 5.32 Å². The lowest BCUT2D eigenvalue weighted by Gasteiger charge is -2.37. The van der Waals surface area contributed by atoms with Gasteiger partial charge in [0.15, 0.2) is 5.96 Å². The van der Waals surface area contributed by atoms with Crippen LogP contribution in [0.15, 0.2) is 29.3 Å². The third-order valence-electron chi connectivity index (χ3n) is 5.89. The van der Waals surface area contributed by atoms with Gasteiger partial charge in [0.1, 0.15) is 6.10 Å². The Morgan fingerprint density at radius 1 is 1.25 bits per heavy atom. The summed E-state index contributed by atoms with van der Waals surface area (Å²) in [5.74, 6) is 2.46. The summed E-state index contributed by atoms with van der Waals surface area (Å²) >= 11 is 0. The first-order valence-corrected chi connectivity index (χ1v) is 10.9. The lowest BCUT2D eigenvalue weighted by Crippen LogP contribution is -2.50. The van der Waals surface area contributed by atoms with Gasteiger partial charge >= 0.3 is 0 Å². The molecule has 5 nitrogen and oxygen atoms in total. The highest BCUT2D eigenvalue weighted by Crippen LogP contribution is 2.25. The van der Waals surface area contributed by atoms with Crippen LogP contribution in [0, 0.1) is 18.8 Å². The number of piperidine rings is 1. The van der Waals surface area contributed by atoms with Crippen molar-refractivity contribution in [3.63, 3.8) is 0 Å². The van der Waals surface area contributed by atoms with E-state index < -0.39 is 0 Å². The van der Waals surface area contributed by atoms with Crippen molar-refractivity contribution in [1.29, 1.82) is 0 Å². The van der Waals surface area contributed by atoms with Crippen molar-refractivity contribution >= 4 is 5.96 Å². The Hall–Kier alpha value is -1.59. The van der Waals surface area contributed by atoms with E-state index in [2.05, 4.69) is 65.1 Å². The number of rotatable bonds is 5. The molecule has 0 radical (unpaired) electrons. The number of likely N-dealkylation sites (tertiary alicyclic amines) is 1. The minimum Gasteiger partial charge on any atom is -0.370 e. The van der Waals surface area contributed by atoms with Crippen LogP contribution in [0.4, 0.5) is 0 Å². The number of aryl methyl sites for hydroxylation is 1. The zero-order valence-corrected chi connectivity index (χ0v) is 18.2. The molecule has 0 bridgehead atoms. The predicted octanol–water partition coefficient (Wildman–Crippen LogP) is 3.31. The van der Waals surface area contributed by atoms with Gasteiger partial charge in [-0.2, -0.15) is 0 Å². The van der Waals surface area contributed by atoms with Gasteiger partial charge in [-0.3, -0.25) is 4.99 Å². The Kier molecular flexibility index (Phi) is 7.74. The third-order valence-corrected chi connectivity index (χ3v) is 5.89. The van der Waals surface area contributed by atoms with Crippen LogP contribution in [-0.2, 0) is 4.74 Å². The molecule has 3 rings (SSSR count). The van der Waals surface area contributed by atoms with Gasteiger partial charge < -0.3 is 19.9 Å². The highest BCUT2D eigenvalue weighted by Gasteiger charge is 2.26. The normalized spacial score (nSPS) is 24.6. The molecular formula is C23H38N4O. The second-order valence-electron chi connectivity index (χ2n) is 8.75. The molecule has 2 atom stereocenters. The second-order valence-corrected chi connectivity index (χ2v) is 8.75. The number of hydrogen-bond donors (Lipinski definition) is 1. The smallest absolute Gasteiger partial charge is 0.193 e. The van der Waals surface area contributed by atoms with E-state index in [0.717, 1.165) is 38.1 Å². The topological polar surface area (TPSA) is 40.1 Å². The average Bonchev–Trinajstić information content (AvgIpc) is 2.69. The highest BCUT2D eigenvalue weighted by molar-refractivity contribution is 5.80. The first kappa shape index (κ1) is 21.1. The summed E-state index contributed by atoms with van der Waals surface area (Å²) in [6.07, 6.45) is 2.74. The number of guanidine groups is 1. The second kappa shape index (κ2) is 10.3. The Bertz CT molecular complexity index is 645. The van der Waals surface area contributed by atoms with Crippen molar-refractivity contribution < 1.29 is 4.74 Å². The number of morpholine rings is 1. The lowest BCUT2D eigenvalue weighted by molar-refractivity contribution is -0.00842. The minimum absolute atomic E-state index is 0.115. The van der Waals surface area contributed by atoms with Gasteiger partial charge in [0.2, 0.25) is 0 Å². The van der Waals surface area contributed by atoms with Gasteiger partial charge in [0.05, 0.1) is 13.2 Å². The molecule has 2 aliphatic heterocycles. The molecule has 2 aliphatic rings. The fourth-order valence-electron chi connectivity index (χ4n) is 4.55. The van der Waals surface area contributed by atoms with Gasteiger partial charge in [-0.1, -0.05) is 38.1 Å². The van der Waals surface area contributed by atoms with E-state index in [0.29, 0.717) is 5.92 Å². The molecule has 2 saturated heterocycles. The van der Waals surface area contributed by atoms with Crippen LogP contribution in [0.2, 0.25) is 0 Å². The summed E-state index contributed by atoms with van der Waals surface area (Å²) in [5.41, 5.74) is 2.59. The molecule has 2 heterocycles. The number of benzene rings is 1. The molecule has 1 N–H and O–H groups in total. The summed E-state index contributed by atoms with van der Waals surface area (Å²) in [5, 5.41) is 3.66. The first-order valence-electron chi connectivity index (χ1n) is 10.9. The van der Waals surface area contributed by atoms with Crippen LogP contribution in [-0.4, -0.2) is 68.7 Å². The maximum absolute atomic E-state index is 6.08. The minimum atomic E-state index is 0.115. The van der Waals surface area contributed by atoms with Crippen molar-refractivity contribution in [3.05, 3.63) is 35.4 Å². The van der Waals surface area contributed by atoms with Crippen molar-refractivity contribution in [2.45, 2.75) is 39.7 Å². The van der Waals surface area contributed by atoms with E-state index in [1.165, 1.54) is 43.6 Å². The molecule has 0 amide bonds. The largest absolute Gasteiger partial charge is 0.370 e. The van der Waals surface area contributed by atoms with E-state index in [4.69, 9.17) is 4.74 Å². The van der Waals surface area contributed by atoms with Crippen LogP contribution >= 0.6 is 0 Å². The maximum atomic E-state index is 6.08. The molecule has 2 fully saturated rings. The monoisotopic (exact) mass is 386 g/mol. The van der Waals surface area contributed by atoms with Crippen LogP contribution in [0.25, 0.3) is 0 Å². The zero-order valence-electron chi connectivity index (χ0n) is 18.2. The van der Waals surface area contributed by atoms with Gasteiger partial charge in [-0.25, -0.2) is 0 Å². The quantitative estimate of drug-likeness (QED) is 0.623. The summed E-state index contributed by atoms with van der Waals surface area (Å²) in [6.45, 7) is 14.0. The number of ether oxygens (including phenoxy) is 1. The molecule has 2 unspecified atom stereocenters. The van der Waals surface area contributed by atoms with Gasteiger partial charge in [0, 0.05) is 33.2 Å². The van der Waals surface area contributed by atoms with E-state index in [9.17, 15) is 0 Å². The molecule has 28 heavy (non-hydrogen) atoms. The fourth-order valence-corrected chi connectivity index (χ4v) is 4.55. The van der Waals surface area contributed by atoms with Crippen molar-refractivity contribution in [3.8, 4) is 0 Å². The van der Waals surface area contributed by atoms with Gasteiger partial charge in [0.25, 0.3) is 0 Å². The van der Waals surface area contributed by atoms with Crippen molar-refractivity contribution in [2.75, 3.05) is 52.9 Å². The summed E-state index contributed by atoms with van der Waals surface area (Å²) in [4.78, 5) is 9.56. The SMILES string of the molecule is CN=C(NCC1CCCN(CC(C)C)C1)N1CCOC(c2ccccc2C)C1. The van der Waals surface area contributed by atoms with E-state index in [1.807, 2.05) is 7.05 Å². The molecule has 0 aromatic heterocycles. The molecule has 1 aromatic carbocycles. The van der Waals surface area contributed by atoms with Crippen LogP contribution in [0.5, 0.6) is 0 Å². The number of nitrogens with zero attached hydrogens (tertiary/aromatic N) is 3. The van der Waals surface area contributed by atoms with Crippen LogP contribution in [0.3, 0.4) is 0 Å². The average molecular weight is 387 g/mol. The Morgan fingerprint density at radius 3 is 2.82 bits per heavy atom. The van der Waals surface area contributed by atoms with Gasteiger partial charge in [-0.05, 0) is 49.3 Å². The molecule has 5 heteroatoms. The third kappa shape index (κ3) is 5.71. The Labute approximate surface area is 171 Å². The summed E-state index contributed by atoms with van der Waals surface area (Å²) in [7, 11) is 1.90. The van der Waals surface area contributed by atoms with Crippen molar-refractivity contribution in [2.24, 2.45) is 16.8 Å². The van der Waals surface area contributed by atoms with Crippen LogP contribution in [0.1, 0.15) is 43.9 Å². The van der Waals surface area contributed by atoms with E-state index in [1.54, 1.807) is 0 Å². The standard InChI is InChI=1S/C23H38N4O/c1-18(2)15-26-11-7-9-20(16-26)14-25-23(24-4)27-12-13-28-22(17-27)21-10-6-5-8-19(21)3/h5-6,8,10,18,20,22H,7,9,11-17H2,1-4H3,(H,24,25).